The molecule has 6 nitrogen and oxygen atoms in total. The molecule has 29 heavy (non-hydrogen) atoms. The molecule has 1 amide bonds. The number of carbonyl (C=O) groups is 1. The fraction of sp³-hybridized carbons (Fsp3) is 0.500. The average Bonchev–Trinajstić information content (AvgIpc) is 2.70. The van der Waals surface area contributed by atoms with E-state index in [4.69, 9.17) is 4.74 Å². The molecule has 2 unspecified atom stereocenters. The first-order chi connectivity index (χ1) is 14.0. The van der Waals surface area contributed by atoms with Gasteiger partial charge in [0.2, 0.25) is 5.88 Å². The molecule has 0 spiro atoms. The van der Waals surface area contributed by atoms with Crippen LogP contribution in [-0.2, 0) is 4.79 Å². The number of aromatic nitrogens is 2. The maximum atomic E-state index is 13.1. The quantitative estimate of drug-likeness (QED) is 0.781. The molecule has 2 N–H and O–H groups in total. The maximum absolute atomic E-state index is 13.1. The maximum Gasteiger partial charge on any atom is 0.348 e. The molecule has 7 heteroatoms. The van der Waals surface area contributed by atoms with Crippen molar-refractivity contribution in [2.45, 2.75) is 38.5 Å². The third kappa shape index (κ3) is 5.22. The van der Waals surface area contributed by atoms with Crippen LogP contribution in [0.4, 0.5) is 4.39 Å². The number of benzene rings is 1. The fourth-order valence-corrected chi connectivity index (χ4v) is 4.78. The van der Waals surface area contributed by atoms with Crippen molar-refractivity contribution in [3.8, 4) is 17.1 Å². The molecule has 2 fully saturated rings. The van der Waals surface area contributed by atoms with E-state index in [-0.39, 0.29) is 24.2 Å². The van der Waals surface area contributed by atoms with Crippen molar-refractivity contribution in [1.29, 1.82) is 0 Å². The van der Waals surface area contributed by atoms with E-state index in [1.54, 1.807) is 12.1 Å². The summed E-state index contributed by atoms with van der Waals surface area (Å²) in [6.45, 7) is 0.484. The van der Waals surface area contributed by atoms with Crippen LogP contribution in [0.1, 0.15) is 38.5 Å². The molecule has 0 saturated heterocycles. The van der Waals surface area contributed by atoms with Gasteiger partial charge in [0, 0.05) is 12.6 Å². The second-order valence-electron chi connectivity index (χ2n) is 8.27. The lowest BCUT2D eigenvalue weighted by molar-refractivity contribution is -0.123. The summed E-state index contributed by atoms with van der Waals surface area (Å²) in [5, 5.41) is 2.96. The van der Waals surface area contributed by atoms with Crippen LogP contribution in [0, 0.1) is 23.6 Å². The van der Waals surface area contributed by atoms with Gasteiger partial charge in [-0.25, -0.2) is 9.18 Å². The van der Waals surface area contributed by atoms with Crippen LogP contribution >= 0.6 is 0 Å². The van der Waals surface area contributed by atoms with Gasteiger partial charge in [0.25, 0.3) is 5.91 Å². The summed E-state index contributed by atoms with van der Waals surface area (Å²) < 4.78 is 18.5. The van der Waals surface area contributed by atoms with Crippen molar-refractivity contribution in [3.63, 3.8) is 0 Å². The van der Waals surface area contributed by atoms with E-state index in [1.165, 1.54) is 56.7 Å². The number of amides is 1. The summed E-state index contributed by atoms with van der Waals surface area (Å²) in [5.41, 5.74) is 0.494. The van der Waals surface area contributed by atoms with Crippen molar-refractivity contribution in [1.82, 2.24) is 15.3 Å². The van der Waals surface area contributed by atoms with Crippen molar-refractivity contribution in [3.05, 3.63) is 46.6 Å². The number of aromatic amines is 1. The van der Waals surface area contributed by atoms with Gasteiger partial charge >= 0.3 is 5.69 Å². The smallest absolute Gasteiger partial charge is 0.348 e. The molecule has 1 heterocycles. The van der Waals surface area contributed by atoms with E-state index in [1.807, 2.05) is 0 Å². The van der Waals surface area contributed by atoms with E-state index in [0.29, 0.717) is 23.7 Å². The average molecular weight is 399 g/mol. The highest BCUT2D eigenvalue weighted by Crippen LogP contribution is 2.42. The van der Waals surface area contributed by atoms with Gasteiger partial charge in [-0.05, 0) is 66.8 Å². The van der Waals surface area contributed by atoms with Crippen LogP contribution in [0.15, 0.2) is 35.1 Å². The predicted octanol–water partition coefficient (Wildman–Crippen LogP) is 3.29. The lowest BCUT2D eigenvalue weighted by Gasteiger charge is -2.39. The second kappa shape index (κ2) is 8.76. The minimum Gasteiger partial charge on any atom is -0.467 e. The molecule has 4 rings (SSSR count). The van der Waals surface area contributed by atoms with Crippen LogP contribution in [0.3, 0.4) is 0 Å². The van der Waals surface area contributed by atoms with Crippen LogP contribution in [0.2, 0.25) is 0 Å². The Labute approximate surface area is 168 Å². The Morgan fingerprint density at radius 1 is 1.17 bits per heavy atom. The van der Waals surface area contributed by atoms with Gasteiger partial charge in [-0.15, -0.1) is 0 Å². The lowest BCUT2D eigenvalue weighted by Crippen LogP contribution is -2.37. The van der Waals surface area contributed by atoms with Gasteiger partial charge in [-0.3, -0.25) is 4.79 Å². The summed E-state index contributed by atoms with van der Waals surface area (Å²) in [4.78, 5) is 30.3. The monoisotopic (exact) mass is 399 g/mol. The minimum absolute atomic E-state index is 0.0652. The number of H-pyrrole nitrogens is 1. The Kier molecular flexibility index (Phi) is 5.92. The molecule has 2 saturated carbocycles. The number of hydrogen-bond donors (Lipinski definition) is 2. The van der Waals surface area contributed by atoms with Crippen molar-refractivity contribution in [2.24, 2.45) is 17.8 Å². The third-order valence-corrected chi connectivity index (χ3v) is 6.04. The zero-order valence-electron chi connectivity index (χ0n) is 16.3. The van der Waals surface area contributed by atoms with Crippen molar-refractivity contribution >= 4 is 5.91 Å². The standard InChI is InChI=1S/C22H26FN3O3/c23-18-6-4-17(5-7-18)19-11-21(26-22(28)25-19)29-13-20(27)24-12-16-9-14-2-1-3-15(8-14)10-16/h4-7,11,14-16H,1-3,8-10,12-13H2,(H,24,27)(H,25,26,28). The van der Waals surface area contributed by atoms with Crippen LogP contribution in [0.25, 0.3) is 11.3 Å². The van der Waals surface area contributed by atoms with E-state index in [9.17, 15) is 14.0 Å². The number of hydrogen-bond acceptors (Lipinski definition) is 4. The highest BCUT2D eigenvalue weighted by Gasteiger charge is 2.31. The Morgan fingerprint density at radius 3 is 2.62 bits per heavy atom. The first kappa shape index (κ1) is 19.6. The summed E-state index contributed by atoms with van der Waals surface area (Å²) in [6, 6.07) is 7.25. The number of ether oxygens (including phenoxy) is 1. The summed E-state index contributed by atoms with van der Waals surface area (Å²) in [5.74, 6) is 1.68. The molecule has 2 aliphatic rings. The van der Waals surface area contributed by atoms with Crippen molar-refractivity contribution < 1.29 is 13.9 Å². The molecule has 2 aromatic rings. The van der Waals surface area contributed by atoms with Gasteiger partial charge in [0.05, 0.1) is 5.69 Å². The highest BCUT2D eigenvalue weighted by atomic mass is 19.1. The Bertz CT molecular complexity index is 900. The van der Waals surface area contributed by atoms with Crippen LogP contribution in [0.5, 0.6) is 5.88 Å². The van der Waals surface area contributed by atoms with Crippen LogP contribution in [-0.4, -0.2) is 29.0 Å². The van der Waals surface area contributed by atoms with Gasteiger partial charge in [-0.2, -0.15) is 4.98 Å². The molecular weight excluding hydrogens is 373 g/mol. The zero-order valence-corrected chi connectivity index (χ0v) is 16.3. The summed E-state index contributed by atoms with van der Waals surface area (Å²) in [7, 11) is 0. The van der Waals surface area contributed by atoms with Gasteiger partial charge in [-0.1, -0.05) is 19.3 Å². The first-order valence-corrected chi connectivity index (χ1v) is 10.3. The largest absolute Gasteiger partial charge is 0.467 e. The number of halogens is 1. The molecule has 2 bridgehead atoms. The molecule has 2 atom stereocenters. The van der Waals surface area contributed by atoms with Gasteiger partial charge in [0.1, 0.15) is 5.82 Å². The normalized spacial score (nSPS) is 23.4. The fourth-order valence-electron chi connectivity index (χ4n) is 4.78. The Balaban J connectivity index is 1.30. The highest BCUT2D eigenvalue weighted by molar-refractivity contribution is 5.77. The van der Waals surface area contributed by atoms with Crippen LogP contribution < -0.4 is 15.7 Å². The molecular formula is C22H26FN3O3. The number of rotatable bonds is 6. The van der Waals surface area contributed by atoms with E-state index in [2.05, 4.69) is 15.3 Å². The number of nitrogens with one attached hydrogen (secondary N) is 2. The van der Waals surface area contributed by atoms with E-state index in [0.717, 1.165) is 11.8 Å². The molecule has 2 aliphatic carbocycles. The van der Waals surface area contributed by atoms with Crippen molar-refractivity contribution in [2.75, 3.05) is 13.2 Å². The van der Waals surface area contributed by atoms with E-state index < -0.39 is 5.69 Å². The molecule has 1 aromatic carbocycles. The molecule has 154 valence electrons. The summed E-state index contributed by atoms with van der Waals surface area (Å²) >= 11 is 0. The van der Waals surface area contributed by atoms with E-state index >= 15 is 0 Å². The van der Waals surface area contributed by atoms with Gasteiger partial charge in [0.15, 0.2) is 6.61 Å². The van der Waals surface area contributed by atoms with Gasteiger partial charge < -0.3 is 15.0 Å². The number of carbonyl (C=O) groups excluding carboxylic acids is 1. The zero-order chi connectivity index (χ0) is 20.2. The number of fused-ring (bicyclic) bond motifs is 2. The molecule has 1 aromatic heterocycles. The SMILES string of the molecule is O=C(COc1cc(-c2ccc(F)cc2)[nH]c(=O)n1)NCC1CC2CCCC(C2)C1. The molecule has 0 radical (unpaired) electrons. The first-order valence-electron chi connectivity index (χ1n) is 10.3. The lowest BCUT2D eigenvalue weighted by atomic mass is 9.68. The molecule has 0 aliphatic heterocycles. The minimum atomic E-state index is -0.587. The Morgan fingerprint density at radius 2 is 1.90 bits per heavy atom. The second-order valence-corrected chi connectivity index (χ2v) is 8.27. The summed E-state index contributed by atoms with van der Waals surface area (Å²) in [6.07, 6.45) is 7.77. The topological polar surface area (TPSA) is 84.1 Å². The Hall–Kier alpha value is -2.70. The predicted molar refractivity (Wildman–Crippen MR) is 107 cm³/mol. The number of nitrogens with zero attached hydrogens (tertiary/aromatic N) is 1. The third-order valence-electron chi connectivity index (χ3n) is 6.04.